The first kappa shape index (κ1) is 20.8. The third-order valence-electron chi connectivity index (χ3n) is 5.46. The Morgan fingerprint density at radius 3 is 2.77 bits per heavy atom. The topological polar surface area (TPSA) is 42.5 Å². The molecule has 2 N–H and O–H groups in total. The largest absolute Gasteiger partial charge is 0.498 e. The van der Waals surface area contributed by atoms with Crippen LogP contribution in [0.5, 0.6) is 0 Å². The van der Waals surface area contributed by atoms with Gasteiger partial charge in [-0.15, -0.1) is 0 Å². The van der Waals surface area contributed by atoms with Gasteiger partial charge >= 0.3 is 0 Å². The molecule has 4 atom stereocenters. The Hall–Kier alpha value is -1.52. The minimum Gasteiger partial charge on any atom is -0.498 e. The van der Waals surface area contributed by atoms with Crippen molar-refractivity contribution in [2.24, 2.45) is 11.8 Å². The van der Waals surface area contributed by atoms with E-state index in [4.69, 9.17) is 9.47 Å². The third-order valence-corrected chi connectivity index (χ3v) is 5.46. The Balaban J connectivity index is 2.03. The molecule has 0 radical (unpaired) electrons. The fraction of sp³-hybridized carbons (Fsp3) is 0.636. The van der Waals surface area contributed by atoms with Crippen molar-refractivity contribution in [1.29, 1.82) is 0 Å². The Morgan fingerprint density at radius 1 is 1.46 bits per heavy atom. The number of hydrogen-bond acceptors (Lipinski definition) is 4. The number of hydrogen-bond donors (Lipinski definition) is 2. The lowest BCUT2D eigenvalue weighted by molar-refractivity contribution is 0.0432. The number of methoxy groups -OCH3 is 1. The molecule has 0 fully saturated rings. The van der Waals surface area contributed by atoms with Crippen LogP contribution in [0.25, 0.3) is 0 Å². The first-order chi connectivity index (χ1) is 12.5. The van der Waals surface area contributed by atoms with Crippen molar-refractivity contribution in [2.75, 3.05) is 20.8 Å². The maximum Gasteiger partial charge on any atom is 0.133 e. The molecule has 2 aliphatic rings. The van der Waals surface area contributed by atoms with Gasteiger partial charge in [-0.25, -0.2) is 0 Å². The first-order valence-electron chi connectivity index (χ1n) is 9.80. The normalized spacial score (nSPS) is 25.8. The second-order valence-electron chi connectivity index (χ2n) is 7.57. The summed E-state index contributed by atoms with van der Waals surface area (Å²) in [6.07, 6.45) is 11.0. The van der Waals surface area contributed by atoms with Crippen molar-refractivity contribution in [2.45, 2.75) is 58.7 Å². The van der Waals surface area contributed by atoms with E-state index in [9.17, 15) is 0 Å². The summed E-state index contributed by atoms with van der Waals surface area (Å²) < 4.78 is 11.5. The molecule has 0 saturated carbocycles. The number of nitrogens with one attached hydrogen (secondary N) is 2. The summed E-state index contributed by atoms with van der Waals surface area (Å²) in [7, 11) is 3.81. The van der Waals surface area contributed by atoms with Crippen molar-refractivity contribution in [3.63, 3.8) is 0 Å². The number of likely N-dealkylation sites (N-methyl/N-ethyl adjacent to an activating group) is 1. The quantitative estimate of drug-likeness (QED) is 0.366. The van der Waals surface area contributed by atoms with Crippen molar-refractivity contribution in [1.82, 2.24) is 10.6 Å². The highest BCUT2D eigenvalue weighted by Crippen LogP contribution is 2.27. The molecule has 1 aliphatic carbocycles. The Bertz CT molecular complexity index is 577. The van der Waals surface area contributed by atoms with Crippen molar-refractivity contribution in [3.05, 3.63) is 47.4 Å². The highest BCUT2D eigenvalue weighted by atomic mass is 16.5. The molecule has 0 aromatic carbocycles. The minimum atomic E-state index is -0.0389. The zero-order chi connectivity index (χ0) is 19.1. The molecule has 0 saturated heterocycles. The molecule has 4 heteroatoms. The van der Waals surface area contributed by atoms with E-state index in [1.165, 1.54) is 5.57 Å². The van der Waals surface area contributed by atoms with Gasteiger partial charge in [0.2, 0.25) is 0 Å². The average Bonchev–Trinajstić information content (AvgIpc) is 3.16. The van der Waals surface area contributed by atoms with Crippen LogP contribution in [0.15, 0.2) is 47.4 Å². The van der Waals surface area contributed by atoms with E-state index in [0.29, 0.717) is 17.9 Å². The predicted molar refractivity (Wildman–Crippen MR) is 109 cm³/mol. The van der Waals surface area contributed by atoms with E-state index < -0.39 is 0 Å². The SMILES string of the molecule is C=C(C)/C(=C\CC(C)C1=CCCO1)NC(OC)C1C=C(C)C(NC)CC1. The zero-order valence-electron chi connectivity index (χ0n) is 17.1. The summed E-state index contributed by atoms with van der Waals surface area (Å²) in [4.78, 5) is 0. The fourth-order valence-corrected chi connectivity index (χ4v) is 3.78. The van der Waals surface area contributed by atoms with Gasteiger partial charge in [0.05, 0.1) is 12.4 Å². The van der Waals surface area contributed by atoms with Gasteiger partial charge in [-0.2, -0.15) is 0 Å². The third kappa shape index (κ3) is 5.49. The van der Waals surface area contributed by atoms with E-state index in [1.807, 2.05) is 14.0 Å². The van der Waals surface area contributed by atoms with Crippen molar-refractivity contribution >= 4 is 0 Å². The highest BCUT2D eigenvalue weighted by molar-refractivity contribution is 5.26. The Kier molecular flexibility index (Phi) is 7.98. The summed E-state index contributed by atoms with van der Waals surface area (Å²) >= 11 is 0. The lowest BCUT2D eigenvalue weighted by Gasteiger charge is -2.33. The minimum absolute atomic E-state index is 0.0389. The van der Waals surface area contributed by atoms with E-state index in [0.717, 1.165) is 49.3 Å². The summed E-state index contributed by atoms with van der Waals surface area (Å²) in [5.41, 5.74) is 3.50. The molecule has 0 spiro atoms. The molecule has 2 rings (SSSR count). The van der Waals surface area contributed by atoms with Gasteiger partial charge in [0, 0.05) is 37.1 Å². The van der Waals surface area contributed by atoms with Gasteiger partial charge in [-0.3, -0.25) is 0 Å². The smallest absolute Gasteiger partial charge is 0.133 e. The molecule has 1 heterocycles. The van der Waals surface area contributed by atoms with Crippen LogP contribution in [0.4, 0.5) is 0 Å². The van der Waals surface area contributed by atoms with E-state index in [2.05, 4.69) is 49.3 Å². The second kappa shape index (κ2) is 9.98. The zero-order valence-corrected chi connectivity index (χ0v) is 17.1. The molecular weight excluding hydrogens is 324 g/mol. The molecule has 0 aromatic rings. The maximum atomic E-state index is 5.80. The van der Waals surface area contributed by atoms with Crippen LogP contribution < -0.4 is 10.6 Å². The standard InChI is InChI=1S/C22H36N2O2/c1-15(2)19(11-9-16(3)21-8-7-13-26-21)24-22(25-6)18-10-12-20(23-5)17(4)14-18/h8,11,14,16,18,20,22-24H,1,7,9-10,12-13H2,2-6H3/b19-11+. The molecule has 1 aliphatic heterocycles. The molecule has 0 aromatic heterocycles. The molecule has 4 nitrogen and oxygen atoms in total. The van der Waals surface area contributed by atoms with Crippen LogP contribution in [0.1, 0.15) is 46.5 Å². The first-order valence-corrected chi connectivity index (χ1v) is 9.80. The van der Waals surface area contributed by atoms with E-state index >= 15 is 0 Å². The maximum absolute atomic E-state index is 5.80. The average molecular weight is 361 g/mol. The number of rotatable bonds is 9. The Labute approximate surface area is 159 Å². The van der Waals surface area contributed by atoms with Gasteiger partial charge in [-0.1, -0.05) is 31.2 Å². The summed E-state index contributed by atoms with van der Waals surface area (Å²) in [5.74, 6) is 1.88. The Morgan fingerprint density at radius 2 is 2.23 bits per heavy atom. The molecule has 4 unspecified atom stereocenters. The molecule has 146 valence electrons. The van der Waals surface area contributed by atoms with Crippen molar-refractivity contribution in [3.8, 4) is 0 Å². The van der Waals surface area contributed by atoms with Crippen molar-refractivity contribution < 1.29 is 9.47 Å². The predicted octanol–water partition coefficient (Wildman–Crippen LogP) is 4.28. The van der Waals surface area contributed by atoms with Gasteiger partial charge in [0.1, 0.15) is 6.23 Å². The van der Waals surface area contributed by atoms with Gasteiger partial charge in [-0.05, 0) is 51.8 Å². The van der Waals surface area contributed by atoms with Crippen LogP contribution in [0.2, 0.25) is 0 Å². The highest BCUT2D eigenvalue weighted by Gasteiger charge is 2.26. The van der Waals surface area contributed by atoms with Gasteiger partial charge < -0.3 is 20.1 Å². The summed E-state index contributed by atoms with van der Waals surface area (Å²) in [5, 5.41) is 6.96. The second-order valence-corrected chi connectivity index (χ2v) is 7.57. The van der Waals surface area contributed by atoms with E-state index in [-0.39, 0.29) is 6.23 Å². The summed E-state index contributed by atoms with van der Waals surface area (Å²) in [6, 6.07) is 0.487. The van der Waals surface area contributed by atoms with Crippen LogP contribution in [0.3, 0.4) is 0 Å². The monoisotopic (exact) mass is 360 g/mol. The molecule has 26 heavy (non-hydrogen) atoms. The summed E-state index contributed by atoms with van der Waals surface area (Å²) in [6.45, 7) is 11.4. The number of ether oxygens (including phenoxy) is 2. The van der Waals surface area contributed by atoms with Crippen LogP contribution in [-0.2, 0) is 9.47 Å². The van der Waals surface area contributed by atoms with Gasteiger partial charge in [0.25, 0.3) is 0 Å². The number of allylic oxidation sites excluding steroid dienone is 3. The lowest BCUT2D eigenvalue weighted by atomic mass is 9.86. The van der Waals surface area contributed by atoms with Crippen LogP contribution in [-0.4, -0.2) is 33.0 Å². The van der Waals surface area contributed by atoms with E-state index in [1.54, 1.807) is 7.11 Å². The van der Waals surface area contributed by atoms with Crippen LogP contribution in [0, 0.1) is 11.8 Å². The molecule has 0 bridgehead atoms. The molecule has 0 amide bonds. The molecular formula is C22H36N2O2. The lowest BCUT2D eigenvalue weighted by Crippen LogP contribution is -2.40. The fourth-order valence-electron chi connectivity index (χ4n) is 3.78. The van der Waals surface area contributed by atoms with Gasteiger partial charge in [0.15, 0.2) is 0 Å². The van der Waals surface area contributed by atoms with Crippen LogP contribution >= 0.6 is 0 Å².